The molecule has 1 aliphatic rings. The molecule has 1 aromatic rings. The second kappa shape index (κ2) is 6.56. The Morgan fingerprint density at radius 1 is 1.36 bits per heavy atom. The fourth-order valence-electron chi connectivity index (χ4n) is 2.78. The van der Waals surface area contributed by atoms with Crippen LogP contribution in [0.25, 0.3) is 0 Å². The van der Waals surface area contributed by atoms with Gasteiger partial charge in [-0.1, -0.05) is 12.1 Å². The van der Waals surface area contributed by atoms with Crippen molar-refractivity contribution in [3.63, 3.8) is 0 Å². The van der Waals surface area contributed by atoms with Gasteiger partial charge in [0.05, 0.1) is 11.3 Å². The van der Waals surface area contributed by atoms with Crippen LogP contribution in [0.15, 0.2) is 24.3 Å². The van der Waals surface area contributed by atoms with E-state index in [1.165, 1.54) is 18.2 Å². The van der Waals surface area contributed by atoms with Crippen molar-refractivity contribution in [1.82, 2.24) is 4.90 Å². The lowest BCUT2D eigenvalue weighted by Crippen LogP contribution is -2.53. The van der Waals surface area contributed by atoms with Gasteiger partial charge >= 0.3 is 12.2 Å². The van der Waals surface area contributed by atoms with E-state index in [1.807, 2.05) is 0 Å². The van der Waals surface area contributed by atoms with E-state index in [0.717, 1.165) is 25.3 Å². The smallest absolute Gasteiger partial charge is 0.326 e. The second-order valence-electron chi connectivity index (χ2n) is 5.59. The van der Waals surface area contributed by atoms with Crippen molar-refractivity contribution in [1.29, 1.82) is 0 Å². The first kappa shape index (κ1) is 16.6. The van der Waals surface area contributed by atoms with Crippen LogP contribution in [-0.4, -0.2) is 29.6 Å². The zero-order chi connectivity index (χ0) is 16.3. The molecule has 0 spiro atoms. The zero-order valence-corrected chi connectivity index (χ0v) is 12.4. The van der Waals surface area contributed by atoms with Crippen LogP contribution in [0.3, 0.4) is 0 Å². The highest BCUT2D eigenvalue weighted by Gasteiger charge is 2.35. The van der Waals surface area contributed by atoms with Crippen LogP contribution in [-0.2, 0) is 6.18 Å². The van der Waals surface area contributed by atoms with Crippen LogP contribution in [0.4, 0.5) is 23.7 Å². The predicted octanol–water partition coefficient (Wildman–Crippen LogP) is 3.44. The number of anilines is 1. The van der Waals surface area contributed by atoms with Crippen molar-refractivity contribution in [3.05, 3.63) is 29.8 Å². The second-order valence-corrected chi connectivity index (χ2v) is 5.59. The fourth-order valence-corrected chi connectivity index (χ4v) is 2.78. The van der Waals surface area contributed by atoms with Gasteiger partial charge in [-0.15, -0.1) is 0 Å². The minimum atomic E-state index is -4.51. The molecule has 0 radical (unpaired) electrons. The quantitative estimate of drug-likeness (QED) is 0.878. The van der Waals surface area contributed by atoms with Gasteiger partial charge in [0.15, 0.2) is 0 Å². The molecule has 0 aromatic heterocycles. The molecule has 122 valence electrons. The number of likely N-dealkylation sites (tertiary alicyclic amines) is 1. The zero-order valence-electron chi connectivity index (χ0n) is 12.4. The molecule has 2 rings (SSSR count). The summed E-state index contributed by atoms with van der Waals surface area (Å²) in [6, 6.07) is 4.07. The van der Waals surface area contributed by atoms with Crippen molar-refractivity contribution in [2.24, 2.45) is 5.73 Å². The molecule has 1 aromatic carbocycles. The lowest BCUT2D eigenvalue weighted by Gasteiger charge is -2.38. The van der Waals surface area contributed by atoms with Crippen LogP contribution in [0.5, 0.6) is 0 Å². The van der Waals surface area contributed by atoms with E-state index in [4.69, 9.17) is 5.73 Å². The summed E-state index contributed by atoms with van der Waals surface area (Å²) in [5.41, 5.74) is 4.81. The first-order valence-corrected chi connectivity index (χ1v) is 7.30. The normalized spacial score (nSPS) is 20.6. The third kappa shape index (κ3) is 3.71. The molecule has 0 aliphatic carbocycles. The van der Waals surface area contributed by atoms with Crippen molar-refractivity contribution in [2.75, 3.05) is 11.9 Å². The van der Waals surface area contributed by atoms with Gasteiger partial charge in [-0.25, -0.2) is 4.79 Å². The molecule has 2 amide bonds. The predicted molar refractivity (Wildman–Crippen MR) is 78.5 cm³/mol. The first-order chi connectivity index (χ1) is 10.3. The first-order valence-electron chi connectivity index (χ1n) is 7.30. The third-order valence-electron chi connectivity index (χ3n) is 3.89. The minimum Gasteiger partial charge on any atom is -0.326 e. The number of piperidine rings is 1. The number of urea groups is 1. The van der Waals surface area contributed by atoms with E-state index in [-0.39, 0.29) is 17.8 Å². The maximum absolute atomic E-state index is 13.0. The van der Waals surface area contributed by atoms with Gasteiger partial charge in [-0.05, 0) is 38.3 Å². The van der Waals surface area contributed by atoms with E-state index in [1.54, 1.807) is 11.8 Å². The number of hydrogen-bond acceptors (Lipinski definition) is 2. The lowest BCUT2D eigenvalue weighted by atomic mass is 9.97. The number of nitrogens with one attached hydrogen (secondary N) is 1. The Bertz CT molecular complexity index is 531. The summed E-state index contributed by atoms with van der Waals surface area (Å²) in [7, 11) is 0. The van der Waals surface area contributed by atoms with Crippen molar-refractivity contribution < 1.29 is 18.0 Å². The molecule has 0 saturated carbocycles. The van der Waals surface area contributed by atoms with Crippen LogP contribution >= 0.6 is 0 Å². The molecule has 2 unspecified atom stereocenters. The van der Waals surface area contributed by atoms with Gasteiger partial charge in [0.25, 0.3) is 0 Å². The SMILES string of the molecule is CC(N)C1CCCCN1C(=O)Nc1ccccc1C(F)(F)F. The number of halogens is 3. The standard InChI is InChI=1S/C15H20F3N3O/c1-10(19)13-8-4-5-9-21(13)14(22)20-12-7-3-2-6-11(12)15(16,17)18/h2-3,6-7,10,13H,4-5,8-9,19H2,1H3,(H,20,22). The van der Waals surface area contributed by atoms with Gasteiger partial charge in [0, 0.05) is 18.6 Å². The number of nitrogens with zero attached hydrogens (tertiary/aromatic N) is 1. The topological polar surface area (TPSA) is 58.4 Å². The molecular formula is C15H20F3N3O. The van der Waals surface area contributed by atoms with E-state index in [9.17, 15) is 18.0 Å². The molecule has 4 nitrogen and oxygen atoms in total. The van der Waals surface area contributed by atoms with Crippen LogP contribution < -0.4 is 11.1 Å². The van der Waals surface area contributed by atoms with Crippen molar-refractivity contribution in [2.45, 2.75) is 44.4 Å². The highest BCUT2D eigenvalue weighted by atomic mass is 19.4. The number of para-hydroxylation sites is 1. The van der Waals surface area contributed by atoms with Crippen LogP contribution in [0, 0.1) is 0 Å². The summed E-state index contributed by atoms with van der Waals surface area (Å²) in [6.07, 6.45) is -1.94. The Balaban J connectivity index is 2.18. The highest BCUT2D eigenvalue weighted by molar-refractivity contribution is 5.90. The molecule has 7 heteroatoms. The maximum atomic E-state index is 13.0. The van der Waals surface area contributed by atoms with E-state index in [0.29, 0.717) is 6.54 Å². The number of rotatable bonds is 2. The van der Waals surface area contributed by atoms with Crippen LogP contribution in [0.2, 0.25) is 0 Å². The number of hydrogen-bond donors (Lipinski definition) is 2. The summed E-state index contributed by atoms with van der Waals surface area (Å²) < 4.78 is 38.9. The molecule has 0 bridgehead atoms. The number of amides is 2. The molecule has 22 heavy (non-hydrogen) atoms. The molecule has 2 atom stereocenters. The largest absolute Gasteiger partial charge is 0.418 e. The minimum absolute atomic E-state index is 0.146. The average Bonchev–Trinajstić information content (AvgIpc) is 2.46. The maximum Gasteiger partial charge on any atom is 0.418 e. The molecule has 1 heterocycles. The fraction of sp³-hybridized carbons (Fsp3) is 0.533. The Hall–Kier alpha value is -1.76. The van der Waals surface area contributed by atoms with E-state index < -0.39 is 17.8 Å². The Morgan fingerprint density at radius 2 is 2.05 bits per heavy atom. The van der Waals surface area contributed by atoms with Crippen molar-refractivity contribution >= 4 is 11.7 Å². The number of alkyl halides is 3. The Morgan fingerprint density at radius 3 is 2.68 bits per heavy atom. The average molecular weight is 315 g/mol. The number of carbonyl (C=O) groups excluding carboxylic acids is 1. The molecule has 1 fully saturated rings. The van der Waals surface area contributed by atoms with E-state index in [2.05, 4.69) is 5.32 Å². The number of nitrogens with two attached hydrogens (primary N) is 1. The van der Waals surface area contributed by atoms with Gasteiger partial charge in [0.1, 0.15) is 0 Å². The third-order valence-corrected chi connectivity index (χ3v) is 3.89. The van der Waals surface area contributed by atoms with Gasteiger partial charge in [0.2, 0.25) is 0 Å². The molecule has 3 N–H and O–H groups in total. The summed E-state index contributed by atoms with van der Waals surface area (Å²) in [6.45, 7) is 2.31. The summed E-state index contributed by atoms with van der Waals surface area (Å²) in [5, 5.41) is 2.38. The molecular weight excluding hydrogens is 295 g/mol. The van der Waals surface area contributed by atoms with Gasteiger partial charge in [-0.2, -0.15) is 13.2 Å². The monoisotopic (exact) mass is 315 g/mol. The summed E-state index contributed by atoms with van der Waals surface area (Å²) in [4.78, 5) is 13.9. The summed E-state index contributed by atoms with van der Waals surface area (Å²) in [5.74, 6) is 0. The van der Waals surface area contributed by atoms with Gasteiger partial charge < -0.3 is 16.0 Å². The Labute approximate surface area is 127 Å². The lowest BCUT2D eigenvalue weighted by molar-refractivity contribution is -0.136. The molecule has 1 aliphatic heterocycles. The van der Waals surface area contributed by atoms with Gasteiger partial charge in [-0.3, -0.25) is 0 Å². The Kier molecular flexibility index (Phi) is 4.95. The highest BCUT2D eigenvalue weighted by Crippen LogP contribution is 2.34. The summed E-state index contributed by atoms with van der Waals surface area (Å²) >= 11 is 0. The number of carbonyl (C=O) groups is 1. The molecule has 1 saturated heterocycles. The van der Waals surface area contributed by atoms with Crippen LogP contribution in [0.1, 0.15) is 31.7 Å². The van der Waals surface area contributed by atoms with Crippen molar-refractivity contribution in [3.8, 4) is 0 Å². The van der Waals surface area contributed by atoms with E-state index >= 15 is 0 Å². The number of benzene rings is 1.